The first-order valence-corrected chi connectivity index (χ1v) is 11.6. The molecule has 0 aliphatic heterocycles. The highest BCUT2D eigenvalue weighted by atomic mass is 32.2. The van der Waals surface area contributed by atoms with Crippen molar-refractivity contribution in [2.45, 2.75) is 23.5 Å². The van der Waals surface area contributed by atoms with Crippen LogP contribution in [0.15, 0.2) is 71.6 Å². The summed E-state index contributed by atoms with van der Waals surface area (Å²) in [7, 11) is 3.08. The minimum Gasteiger partial charge on any atom is -0.497 e. The number of thioether (sulfide) groups is 1. The number of hydrogen-bond donors (Lipinski definition) is 2. The van der Waals surface area contributed by atoms with Gasteiger partial charge in [0.1, 0.15) is 11.5 Å². The predicted molar refractivity (Wildman–Crippen MR) is 136 cm³/mol. The number of nitrogens with zero attached hydrogens (tertiary/aromatic N) is 1. The molecule has 3 aromatic carbocycles. The minimum atomic E-state index is -0.520. The van der Waals surface area contributed by atoms with Gasteiger partial charge >= 0.3 is 0 Å². The molecular formula is C25H25N3O6S. The van der Waals surface area contributed by atoms with Crippen LogP contribution in [0.1, 0.15) is 23.7 Å². The fourth-order valence-corrected chi connectivity index (χ4v) is 4.19. The first-order valence-electron chi connectivity index (χ1n) is 10.7. The van der Waals surface area contributed by atoms with Crippen LogP contribution < -0.4 is 20.1 Å². The summed E-state index contributed by atoms with van der Waals surface area (Å²) in [4.78, 5) is 36.5. The van der Waals surface area contributed by atoms with E-state index in [0.29, 0.717) is 34.9 Å². The third kappa shape index (κ3) is 6.97. The number of nitro benzene ring substituents is 1. The molecule has 1 atom stereocenters. The second-order valence-electron chi connectivity index (χ2n) is 7.39. The summed E-state index contributed by atoms with van der Waals surface area (Å²) in [6.45, 7) is 1.92. The van der Waals surface area contributed by atoms with E-state index >= 15 is 0 Å². The zero-order valence-electron chi connectivity index (χ0n) is 19.4. The molecule has 2 N–H and O–H groups in total. The highest BCUT2D eigenvalue weighted by molar-refractivity contribution is 8.00. The average Bonchev–Trinajstić information content (AvgIpc) is 2.87. The van der Waals surface area contributed by atoms with Gasteiger partial charge in [0.15, 0.2) is 0 Å². The number of rotatable bonds is 10. The first-order chi connectivity index (χ1) is 16.8. The summed E-state index contributed by atoms with van der Waals surface area (Å²) < 4.78 is 10.5. The largest absolute Gasteiger partial charge is 0.497 e. The van der Waals surface area contributed by atoms with E-state index in [1.54, 1.807) is 50.6 Å². The number of carbonyl (C=O) groups excluding carboxylic acids is 2. The lowest BCUT2D eigenvalue weighted by atomic mass is 10.2. The fourth-order valence-electron chi connectivity index (χ4n) is 3.17. The molecule has 9 nitrogen and oxygen atoms in total. The zero-order chi connectivity index (χ0) is 25.4. The predicted octanol–water partition coefficient (Wildman–Crippen LogP) is 5.37. The van der Waals surface area contributed by atoms with Crippen molar-refractivity contribution < 1.29 is 24.0 Å². The zero-order valence-corrected chi connectivity index (χ0v) is 20.3. The van der Waals surface area contributed by atoms with E-state index in [4.69, 9.17) is 9.47 Å². The van der Waals surface area contributed by atoms with E-state index in [2.05, 4.69) is 10.6 Å². The van der Waals surface area contributed by atoms with Gasteiger partial charge in [0.05, 0.1) is 24.4 Å². The molecule has 0 bridgehead atoms. The van der Waals surface area contributed by atoms with Gasteiger partial charge in [-0.3, -0.25) is 19.7 Å². The van der Waals surface area contributed by atoms with Gasteiger partial charge in [-0.2, -0.15) is 0 Å². The van der Waals surface area contributed by atoms with Crippen molar-refractivity contribution in [3.63, 3.8) is 0 Å². The number of nitro groups is 1. The maximum absolute atomic E-state index is 12.9. The van der Waals surface area contributed by atoms with E-state index in [1.807, 2.05) is 13.0 Å². The van der Waals surface area contributed by atoms with Gasteiger partial charge in [0.2, 0.25) is 5.91 Å². The number of amides is 2. The van der Waals surface area contributed by atoms with E-state index in [-0.39, 0.29) is 22.8 Å². The lowest BCUT2D eigenvalue weighted by Gasteiger charge is -2.16. The van der Waals surface area contributed by atoms with Crippen molar-refractivity contribution in [1.29, 1.82) is 0 Å². The quantitative estimate of drug-likeness (QED) is 0.220. The molecule has 3 rings (SSSR count). The van der Waals surface area contributed by atoms with Crippen LogP contribution in [0.3, 0.4) is 0 Å². The molecule has 0 saturated carbocycles. The van der Waals surface area contributed by atoms with Crippen molar-refractivity contribution in [3.8, 4) is 11.5 Å². The number of ether oxygens (including phenoxy) is 2. The molecule has 3 aromatic rings. The highest BCUT2D eigenvalue weighted by Crippen LogP contribution is 2.30. The van der Waals surface area contributed by atoms with E-state index < -0.39 is 4.92 Å². The molecule has 0 aliphatic carbocycles. The van der Waals surface area contributed by atoms with Gasteiger partial charge in [-0.1, -0.05) is 13.0 Å². The summed E-state index contributed by atoms with van der Waals surface area (Å²) in [6.07, 6.45) is 0.580. The smallest absolute Gasteiger partial charge is 0.269 e. The maximum atomic E-state index is 12.9. The summed E-state index contributed by atoms with van der Waals surface area (Å²) in [5.74, 6) is 0.570. The highest BCUT2D eigenvalue weighted by Gasteiger charge is 2.19. The monoisotopic (exact) mass is 495 g/mol. The number of methoxy groups -OCH3 is 2. The molecule has 10 heteroatoms. The van der Waals surface area contributed by atoms with Crippen LogP contribution in [0.25, 0.3) is 0 Å². The Morgan fingerprint density at radius 3 is 2.17 bits per heavy atom. The van der Waals surface area contributed by atoms with Gasteiger partial charge in [0, 0.05) is 52.2 Å². The average molecular weight is 496 g/mol. The number of non-ortho nitro benzene ring substituents is 1. The Labute approximate surface area is 207 Å². The minimum absolute atomic E-state index is 0.0868. The second kappa shape index (κ2) is 11.9. The molecule has 0 radical (unpaired) electrons. The van der Waals surface area contributed by atoms with Gasteiger partial charge in [-0.05, 0) is 36.8 Å². The number of carbonyl (C=O) groups is 2. The van der Waals surface area contributed by atoms with Crippen LogP contribution in [0.4, 0.5) is 17.1 Å². The molecule has 1 unspecified atom stereocenters. The lowest BCUT2D eigenvalue weighted by Crippen LogP contribution is -2.24. The van der Waals surface area contributed by atoms with Crippen molar-refractivity contribution in [2.24, 2.45) is 0 Å². The normalized spacial score (nSPS) is 11.3. The van der Waals surface area contributed by atoms with E-state index in [9.17, 15) is 19.7 Å². The van der Waals surface area contributed by atoms with Crippen LogP contribution in [0.5, 0.6) is 11.5 Å². The van der Waals surface area contributed by atoms with Crippen LogP contribution in [-0.2, 0) is 4.79 Å². The molecule has 0 aliphatic rings. The van der Waals surface area contributed by atoms with E-state index in [0.717, 1.165) is 4.90 Å². The fraction of sp³-hybridized carbons (Fsp3) is 0.200. The van der Waals surface area contributed by atoms with Crippen LogP contribution in [0.2, 0.25) is 0 Å². The van der Waals surface area contributed by atoms with Gasteiger partial charge in [-0.15, -0.1) is 11.8 Å². The van der Waals surface area contributed by atoms with Crippen molar-refractivity contribution in [1.82, 2.24) is 0 Å². The molecule has 0 spiro atoms. The Morgan fingerprint density at radius 1 is 0.943 bits per heavy atom. The number of hydrogen-bond acceptors (Lipinski definition) is 7. The lowest BCUT2D eigenvalue weighted by molar-refractivity contribution is -0.384. The Hall–Kier alpha value is -4.05. The van der Waals surface area contributed by atoms with Crippen LogP contribution in [-0.4, -0.2) is 36.2 Å². The number of anilines is 2. The Bertz CT molecular complexity index is 1190. The topological polar surface area (TPSA) is 120 Å². The Kier molecular flexibility index (Phi) is 8.69. The molecule has 0 aromatic heterocycles. The molecule has 0 heterocycles. The Morgan fingerprint density at radius 2 is 1.60 bits per heavy atom. The van der Waals surface area contributed by atoms with Gasteiger partial charge < -0.3 is 20.1 Å². The third-order valence-corrected chi connectivity index (χ3v) is 6.35. The van der Waals surface area contributed by atoms with Crippen molar-refractivity contribution >= 4 is 40.6 Å². The Balaban J connectivity index is 1.67. The van der Waals surface area contributed by atoms with Crippen LogP contribution in [0, 0.1) is 10.1 Å². The molecule has 35 heavy (non-hydrogen) atoms. The molecule has 0 saturated heterocycles. The molecule has 2 amide bonds. The van der Waals surface area contributed by atoms with Crippen molar-refractivity contribution in [3.05, 3.63) is 82.4 Å². The first kappa shape index (κ1) is 25.6. The van der Waals surface area contributed by atoms with Gasteiger partial charge in [-0.25, -0.2) is 0 Å². The summed E-state index contributed by atoms with van der Waals surface area (Å²) in [5, 5.41) is 16.1. The molecule has 0 fully saturated rings. The molecular weight excluding hydrogens is 470 g/mol. The third-order valence-electron chi connectivity index (χ3n) is 4.99. The van der Waals surface area contributed by atoms with Crippen LogP contribution >= 0.6 is 11.8 Å². The van der Waals surface area contributed by atoms with E-state index in [1.165, 1.54) is 36.0 Å². The SMILES string of the molecule is CCC(Sc1cccc(NC(=O)c2ccc([N+](=O)[O-])cc2)c1)C(=O)Nc1cc(OC)cc(OC)c1. The number of nitrogens with one attached hydrogen (secondary N) is 2. The van der Waals surface area contributed by atoms with Crippen molar-refractivity contribution in [2.75, 3.05) is 24.9 Å². The molecule has 182 valence electrons. The summed E-state index contributed by atoms with van der Waals surface area (Å²) in [6, 6.07) is 17.7. The summed E-state index contributed by atoms with van der Waals surface area (Å²) >= 11 is 1.38. The second-order valence-corrected chi connectivity index (χ2v) is 8.67. The number of benzene rings is 3. The maximum Gasteiger partial charge on any atom is 0.269 e. The van der Waals surface area contributed by atoms with Gasteiger partial charge in [0.25, 0.3) is 11.6 Å². The summed E-state index contributed by atoms with van der Waals surface area (Å²) in [5.41, 5.74) is 1.32. The standard InChI is InChI=1S/C25H25N3O6S/c1-4-23(25(30)27-18-12-20(33-2)15-21(13-18)34-3)35-22-7-5-6-17(14-22)26-24(29)16-8-10-19(11-9-16)28(31)32/h5-15,23H,4H2,1-3H3,(H,26,29)(H,27,30).